The van der Waals surface area contributed by atoms with Crippen LogP contribution in [0.4, 0.5) is 10.7 Å². The Hall–Kier alpha value is -1.72. The Labute approximate surface area is 112 Å². The minimum absolute atomic E-state index is 0.123. The molecule has 6 heteroatoms. The summed E-state index contributed by atoms with van der Waals surface area (Å²) >= 11 is 0. The van der Waals surface area contributed by atoms with Crippen molar-refractivity contribution >= 4 is 12.0 Å². The molecule has 1 aliphatic carbocycles. The Morgan fingerprint density at radius 1 is 1.53 bits per heavy atom. The number of amides is 1. The topological polar surface area (TPSA) is 90.4 Å². The number of carbonyl (C=O) groups excluding carboxylic acids is 1. The van der Waals surface area contributed by atoms with Gasteiger partial charge >= 0.3 is 6.09 Å². The lowest BCUT2D eigenvalue weighted by atomic mass is 10.0. The van der Waals surface area contributed by atoms with Crippen LogP contribution in [-0.2, 0) is 4.74 Å². The van der Waals surface area contributed by atoms with Gasteiger partial charge < -0.3 is 20.3 Å². The molecule has 2 atom stereocenters. The highest BCUT2D eigenvalue weighted by Crippen LogP contribution is 2.34. The van der Waals surface area contributed by atoms with Crippen LogP contribution in [0, 0.1) is 0 Å². The fourth-order valence-corrected chi connectivity index (χ4v) is 2.35. The zero-order chi connectivity index (χ0) is 14.0. The molecule has 1 fully saturated rings. The van der Waals surface area contributed by atoms with Crippen molar-refractivity contribution in [2.75, 3.05) is 5.73 Å². The van der Waals surface area contributed by atoms with Gasteiger partial charge in [0.1, 0.15) is 5.60 Å². The van der Waals surface area contributed by atoms with Crippen molar-refractivity contribution in [2.24, 2.45) is 0 Å². The SMILES string of the molecule is CC(C)(C)OC(=O)N[C@@H]1CC[C@H](c2cc(N)on2)C1. The van der Waals surface area contributed by atoms with E-state index in [9.17, 15) is 4.79 Å². The van der Waals surface area contributed by atoms with Crippen molar-refractivity contribution in [1.29, 1.82) is 0 Å². The molecule has 1 aliphatic rings. The summed E-state index contributed by atoms with van der Waals surface area (Å²) < 4.78 is 10.1. The van der Waals surface area contributed by atoms with Crippen molar-refractivity contribution in [1.82, 2.24) is 10.5 Å². The first-order chi connectivity index (χ1) is 8.83. The molecule has 2 rings (SSSR count). The number of nitrogens with two attached hydrogens (primary N) is 1. The molecule has 19 heavy (non-hydrogen) atoms. The first kappa shape index (κ1) is 13.7. The van der Waals surface area contributed by atoms with E-state index in [4.69, 9.17) is 15.0 Å². The van der Waals surface area contributed by atoms with Crippen molar-refractivity contribution in [3.8, 4) is 0 Å². The van der Waals surface area contributed by atoms with Gasteiger partial charge in [0, 0.05) is 18.0 Å². The predicted octanol–water partition coefficient (Wildman–Crippen LogP) is 2.42. The van der Waals surface area contributed by atoms with Crippen LogP contribution < -0.4 is 11.1 Å². The second-order valence-corrected chi connectivity index (χ2v) is 6.01. The molecular formula is C13H21N3O3. The summed E-state index contributed by atoms with van der Waals surface area (Å²) in [5.74, 6) is 0.625. The molecule has 0 spiro atoms. The fraction of sp³-hybridized carbons (Fsp3) is 0.692. The minimum Gasteiger partial charge on any atom is -0.444 e. The molecule has 0 radical (unpaired) electrons. The van der Waals surface area contributed by atoms with Gasteiger partial charge in [-0.2, -0.15) is 0 Å². The average Bonchev–Trinajstić information content (AvgIpc) is 2.83. The van der Waals surface area contributed by atoms with Crippen LogP contribution in [0.15, 0.2) is 10.6 Å². The van der Waals surface area contributed by atoms with Gasteiger partial charge in [0.15, 0.2) is 0 Å². The van der Waals surface area contributed by atoms with E-state index >= 15 is 0 Å². The number of hydrogen-bond donors (Lipinski definition) is 2. The third-order valence-corrected chi connectivity index (χ3v) is 3.12. The lowest BCUT2D eigenvalue weighted by Gasteiger charge is -2.21. The lowest BCUT2D eigenvalue weighted by Crippen LogP contribution is -2.37. The van der Waals surface area contributed by atoms with E-state index < -0.39 is 5.60 Å². The molecule has 1 aromatic heterocycles. The van der Waals surface area contributed by atoms with Crippen LogP contribution in [0.3, 0.4) is 0 Å². The fourth-order valence-electron chi connectivity index (χ4n) is 2.35. The normalized spacial score (nSPS) is 23.3. The maximum Gasteiger partial charge on any atom is 0.407 e. The van der Waals surface area contributed by atoms with Gasteiger partial charge in [-0.3, -0.25) is 0 Å². The summed E-state index contributed by atoms with van der Waals surface area (Å²) in [5.41, 5.74) is 5.91. The molecule has 0 saturated heterocycles. The summed E-state index contributed by atoms with van der Waals surface area (Å²) in [6, 6.07) is 1.87. The molecule has 1 amide bonds. The number of nitrogens with one attached hydrogen (secondary N) is 1. The molecule has 0 unspecified atom stereocenters. The van der Waals surface area contributed by atoms with Crippen LogP contribution in [0.2, 0.25) is 0 Å². The molecule has 0 bridgehead atoms. The number of aromatic nitrogens is 1. The van der Waals surface area contributed by atoms with E-state index in [0.29, 0.717) is 11.8 Å². The molecular weight excluding hydrogens is 246 g/mol. The second-order valence-electron chi connectivity index (χ2n) is 6.01. The zero-order valence-electron chi connectivity index (χ0n) is 11.6. The van der Waals surface area contributed by atoms with Gasteiger partial charge in [-0.05, 0) is 40.0 Å². The molecule has 1 heterocycles. The van der Waals surface area contributed by atoms with Crippen molar-refractivity contribution in [3.63, 3.8) is 0 Å². The maximum absolute atomic E-state index is 11.7. The van der Waals surface area contributed by atoms with Gasteiger partial charge in [-0.25, -0.2) is 4.79 Å². The Bertz CT molecular complexity index is 450. The number of hydrogen-bond acceptors (Lipinski definition) is 5. The van der Waals surface area contributed by atoms with E-state index in [-0.39, 0.29) is 12.1 Å². The van der Waals surface area contributed by atoms with E-state index in [1.807, 2.05) is 20.8 Å². The zero-order valence-corrected chi connectivity index (χ0v) is 11.6. The van der Waals surface area contributed by atoms with Gasteiger partial charge in [-0.1, -0.05) is 5.16 Å². The monoisotopic (exact) mass is 267 g/mol. The van der Waals surface area contributed by atoms with Crippen molar-refractivity contribution in [3.05, 3.63) is 11.8 Å². The van der Waals surface area contributed by atoms with E-state index in [0.717, 1.165) is 25.0 Å². The average molecular weight is 267 g/mol. The van der Waals surface area contributed by atoms with Crippen LogP contribution in [0.5, 0.6) is 0 Å². The number of nitrogens with zero attached hydrogens (tertiary/aromatic N) is 1. The Morgan fingerprint density at radius 3 is 2.84 bits per heavy atom. The highest BCUT2D eigenvalue weighted by molar-refractivity contribution is 5.68. The summed E-state index contributed by atoms with van der Waals surface area (Å²) in [6.45, 7) is 5.55. The quantitative estimate of drug-likeness (QED) is 0.858. The van der Waals surface area contributed by atoms with E-state index in [1.165, 1.54) is 0 Å². The number of rotatable bonds is 2. The number of nitrogen functional groups attached to an aromatic ring is 1. The van der Waals surface area contributed by atoms with Crippen LogP contribution in [0.1, 0.15) is 51.6 Å². The molecule has 3 N–H and O–H groups in total. The number of carbonyl (C=O) groups is 1. The number of ether oxygens (including phenoxy) is 1. The largest absolute Gasteiger partial charge is 0.444 e. The first-order valence-electron chi connectivity index (χ1n) is 6.55. The summed E-state index contributed by atoms with van der Waals surface area (Å²) in [6.07, 6.45) is 2.35. The van der Waals surface area contributed by atoms with Crippen molar-refractivity contribution < 1.29 is 14.1 Å². The Kier molecular flexibility index (Phi) is 3.68. The van der Waals surface area contributed by atoms with Crippen molar-refractivity contribution in [2.45, 2.75) is 57.6 Å². The first-order valence-corrected chi connectivity index (χ1v) is 6.55. The summed E-state index contributed by atoms with van der Waals surface area (Å²) in [4.78, 5) is 11.7. The second kappa shape index (κ2) is 5.11. The minimum atomic E-state index is -0.470. The summed E-state index contributed by atoms with van der Waals surface area (Å²) in [7, 11) is 0. The van der Waals surface area contributed by atoms with Gasteiger partial charge in [-0.15, -0.1) is 0 Å². The molecule has 106 valence electrons. The van der Waals surface area contributed by atoms with Crippen LogP contribution >= 0.6 is 0 Å². The smallest absolute Gasteiger partial charge is 0.407 e. The molecule has 6 nitrogen and oxygen atoms in total. The predicted molar refractivity (Wildman–Crippen MR) is 70.7 cm³/mol. The van der Waals surface area contributed by atoms with E-state index in [1.54, 1.807) is 6.07 Å². The summed E-state index contributed by atoms with van der Waals surface area (Å²) in [5, 5.41) is 6.82. The third kappa shape index (κ3) is 3.87. The van der Waals surface area contributed by atoms with Gasteiger partial charge in [0.05, 0.1) is 5.69 Å². The van der Waals surface area contributed by atoms with E-state index in [2.05, 4.69) is 10.5 Å². The molecule has 0 aliphatic heterocycles. The van der Waals surface area contributed by atoms with Crippen LogP contribution in [-0.4, -0.2) is 22.9 Å². The number of anilines is 1. The Balaban J connectivity index is 1.84. The highest BCUT2D eigenvalue weighted by atomic mass is 16.6. The van der Waals surface area contributed by atoms with Gasteiger partial charge in [0.25, 0.3) is 0 Å². The molecule has 1 saturated carbocycles. The van der Waals surface area contributed by atoms with Crippen LogP contribution in [0.25, 0.3) is 0 Å². The number of alkyl carbamates (subject to hydrolysis) is 1. The molecule has 0 aromatic carbocycles. The standard InChI is InChI=1S/C13H21N3O3/c1-13(2,3)18-12(17)15-9-5-4-8(6-9)10-7-11(14)19-16-10/h7-9H,4-6,14H2,1-3H3,(H,15,17)/t8-,9+/m0/s1. The Morgan fingerprint density at radius 2 is 2.26 bits per heavy atom. The third-order valence-electron chi connectivity index (χ3n) is 3.12. The van der Waals surface area contributed by atoms with Gasteiger partial charge in [0.2, 0.25) is 5.88 Å². The maximum atomic E-state index is 11.7. The lowest BCUT2D eigenvalue weighted by molar-refractivity contribution is 0.0505. The highest BCUT2D eigenvalue weighted by Gasteiger charge is 2.30. The molecule has 1 aromatic rings.